The fraction of sp³-hybridized carbons (Fsp3) is 0.364. The van der Waals surface area contributed by atoms with Gasteiger partial charge in [-0.25, -0.2) is 0 Å². The van der Waals surface area contributed by atoms with Crippen LogP contribution in [0.25, 0.3) is 0 Å². The summed E-state index contributed by atoms with van der Waals surface area (Å²) in [7, 11) is 0. The Labute approximate surface area is 106 Å². The number of carbonyl (C=O) groups is 1. The number of hydrogen-bond acceptors (Lipinski definition) is 1. The molecule has 1 rings (SSSR count). The number of halogens is 2. The topological polar surface area (TPSA) is 37.3 Å². The molecule has 1 N–H and O–H groups in total. The van der Waals surface area contributed by atoms with Crippen molar-refractivity contribution in [3.05, 3.63) is 35.9 Å². The van der Waals surface area contributed by atoms with Crippen LogP contribution in [0.1, 0.15) is 23.2 Å². The zero-order valence-electron chi connectivity index (χ0n) is 8.07. The minimum absolute atomic E-state index is 0.220. The molecule has 0 saturated carbocycles. The van der Waals surface area contributed by atoms with Gasteiger partial charge in [0.25, 0.3) is 0 Å². The van der Waals surface area contributed by atoms with Crippen LogP contribution in [-0.2, 0) is 4.79 Å². The Bertz CT molecular complexity index is 314. The van der Waals surface area contributed by atoms with E-state index in [1.165, 1.54) is 5.56 Å². The minimum atomic E-state index is -0.803. The molecule has 1 aromatic rings. The van der Waals surface area contributed by atoms with Crippen molar-refractivity contribution in [2.75, 3.05) is 0 Å². The van der Waals surface area contributed by atoms with E-state index in [-0.39, 0.29) is 4.83 Å². The number of hydrogen-bond donors (Lipinski definition) is 1. The summed E-state index contributed by atoms with van der Waals surface area (Å²) in [5.41, 5.74) is 1.18. The molecule has 4 heteroatoms. The molecule has 0 aromatic heterocycles. The molecular weight excluding hydrogens is 324 g/mol. The maximum absolute atomic E-state index is 10.6. The number of rotatable bonds is 5. The van der Waals surface area contributed by atoms with Crippen molar-refractivity contribution in [2.24, 2.45) is 0 Å². The first-order valence-corrected chi connectivity index (χ1v) is 6.50. The summed E-state index contributed by atoms with van der Waals surface area (Å²) < 4.78 is 0. The second-order valence-electron chi connectivity index (χ2n) is 3.26. The lowest BCUT2D eigenvalue weighted by atomic mass is 10.1. The van der Waals surface area contributed by atoms with Crippen LogP contribution in [0.15, 0.2) is 30.3 Å². The summed E-state index contributed by atoms with van der Waals surface area (Å²) in [4.78, 5) is 10.3. The van der Waals surface area contributed by atoms with Crippen LogP contribution in [0.4, 0.5) is 0 Å². The second kappa shape index (κ2) is 6.28. The molecule has 0 fully saturated rings. The van der Waals surface area contributed by atoms with Crippen LogP contribution in [0, 0.1) is 0 Å². The zero-order valence-corrected chi connectivity index (χ0v) is 11.2. The third kappa shape index (κ3) is 4.34. The van der Waals surface area contributed by atoms with Crippen LogP contribution in [0.2, 0.25) is 0 Å². The van der Waals surface area contributed by atoms with Crippen LogP contribution in [-0.4, -0.2) is 15.9 Å². The summed E-state index contributed by atoms with van der Waals surface area (Å²) in [5, 5.41) is 8.70. The smallest absolute Gasteiger partial charge is 0.317 e. The summed E-state index contributed by atoms with van der Waals surface area (Å²) >= 11 is 6.67. The van der Waals surface area contributed by atoms with Gasteiger partial charge in [-0.3, -0.25) is 4.79 Å². The van der Waals surface area contributed by atoms with Crippen molar-refractivity contribution in [3.8, 4) is 0 Å². The van der Waals surface area contributed by atoms with Gasteiger partial charge >= 0.3 is 5.97 Å². The summed E-state index contributed by atoms with van der Waals surface area (Å²) in [6, 6.07) is 9.99. The van der Waals surface area contributed by atoms with Gasteiger partial charge in [-0.1, -0.05) is 62.2 Å². The highest BCUT2D eigenvalue weighted by Crippen LogP contribution is 2.29. The van der Waals surface area contributed by atoms with Crippen molar-refractivity contribution in [1.29, 1.82) is 0 Å². The standard InChI is InChI=1S/C11H12Br2O2/c12-9(6-7-10(13)11(14)15)8-4-2-1-3-5-8/h1-5,9-10H,6-7H2,(H,14,15)/t9-,10+/m1/s1. The van der Waals surface area contributed by atoms with Gasteiger partial charge in [0, 0.05) is 4.83 Å². The van der Waals surface area contributed by atoms with Crippen LogP contribution < -0.4 is 0 Å². The maximum Gasteiger partial charge on any atom is 0.317 e. The number of carboxylic acid groups (broad SMARTS) is 1. The second-order valence-corrected chi connectivity index (χ2v) is 5.47. The Morgan fingerprint density at radius 2 is 1.80 bits per heavy atom. The summed E-state index contributed by atoms with van der Waals surface area (Å²) in [6.45, 7) is 0. The molecule has 2 nitrogen and oxygen atoms in total. The molecule has 0 aliphatic carbocycles. The highest BCUT2D eigenvalue weighted by atomic mass is 79.9. The Morgan fingerprint density at radius 3 is 2.33 bits per heavy atom. The molecule has 0 aliphatic rings. The number of alkyl halides is 2. The molecule has 0 bridgehead atoms. The molecule has 0 radical (unpaired) electrons. The summed E-state index contributed by atoms with van der Waals surface area (Å²) in [6.07, 6.45) is 1.41. The van der Waals surface area contributed by atoms with Gasteiger partial charge in [0.1, 0.15) is 4.83 Å². The molecule has 0 unspecified atom stereocenters. The number of carboxylic acids is 1. The molecule has 82 valence electrons. The van der Waals surface area contributed by atoms with Gasteiger partial charge in [-0.15, -0.1) is 0 Å². The van der Waals surface area contributed by atoms with Gasteiger partial charge in [-0.05, 0) is 18.4 Å². The van der Waals surface area contributed by atoms with E-state index in [2.05, 4.69) is 31.9 Å². The lowest BCUT2D eigenvalue weighted by molar-refractivity contribution is -0.136. The van der Waals surface area contributed by atoms with Crippen molar-refractivity contribution < 1.29 is 9.90 Å². The van der Waals surface area contributed by atoms with Crippen LogP contribution in [0.5, 0.6) is 0 Å². The molecule has 1 aromatic carbocycles. The van der Waals surface area contributed by atoms with Crippen molar-refractivity contribution in [1.82, 2.24) is 0 Å². The molecule has 15 heavy (non-hydrogen) atoms. The van der Waals surface area contributed by atoms with Gasteiger partial charge in [0.15, 0.2) is 0 Å². The summed E-state index contributed by atoms with van der Waals surface area (Å²) in [5.74, 6) is -0.803. The molecule has 0 spiro atoms. The van der Waals surface area contributed by atoms with Gasteiger partial charge in [0.05, 0.1) is 0 Å². The van der Waals surface area contributed by atoms with Crippen molar-refractivity contribution in [2.45, 2.75) is 22.5 Å². The van der Waals surface area contributed by atoms with Crippen molar-refractivity contribution >= 4 is 37.8 Å². The highest BCUT2D eigenvalue weighted by Gasteiger charge is 2.15. The van der Waals surface area contributed by atoms with E-state index in [0.717, 1.165) is 6.42 Å². The normalized spacial score (nSPS) is 14.5. The first kappa shape index (κ1) is 12.7. The Hall–Kier alpha value is -0.350. The predicted molar refractivity (Wildman–Crippen MR) is 67.7 cm³/mol. The fourth-order valence-corrected chi connectivity index (χ4v) is 2.08. The Morgan fingerprint density at radius 1 is 1.20 bits per heavy atom. The third-order valence-corrected chi connectivity index (χ3v) is 3.94. The molecule has 2 atom stereocenters. The highest BCUT2D eigenvalue weighted by molar-refractivity contribution is 9.10. The van der Waals surface area contributed by atoms with E-state index in [1.54, 1.807) is 0 Å². The number of benzene rings is 1. The van der Waals surface area contributed by atoms with E-state index >= 15 is 0 Å². The van der Waals surface area contributed by atoms with Gasteiger partial charge < -0.3 is 5.11 Å². The lowest BCUT2D eigenvalue weighted by Crippen LogP contribution is -2.12. The van der Waals surface area contributed by atoms with Crippen LogP contribution in [0.3, 0.4) is 0 Å². The Balaban J connectivity index is 2.43. The largest absolute Gasteiger partial charge is 0.480 e. The number of aliphatic carboxylic acids is 1. The SMILES string of the molecule is O=C(O)[C@@H](Br)CC[C@@H](Br)c1ccccc1. The van der Waals surface area contributed by atoms with E-state index in [1.807, 2.05) is 30.3 Å². The van der Waals surface area contributed by atoms with E-state index < -0.39 is 10.8 Å². The fourth-order valence-electron chi connectivity index (χ4n) is 1.24. The lowest BCUT2D eigenvalue weighted by Gasteiger charge is -2.11. The first-order chi connectivity index (χ1) is 7.11. The van der Waals surface area contributed by atoms with E-state index in [9.17, 15) is 4.79 Å². The van der Waals surface area contributed by atoms with Crippen LogP contribution >= 0.6 is 31.9 Å². The van der Waals surface area contributed by atoms with E-state index in [0.29, 0.717) is 6.42 Å². The zero-order chi connectivity index (χ0) is 11.3. The predicted octanol–water partition coefficient (Wildman–Crippen LogP) is 3.75. The van der Waals surface area contributed by atoms with Gasteiger partial charge in [0.2, 0.25) is 0 Å². The van der Waals surface area contributed by atoms with E-state index in [4.69, 9.17) is 5.11 Å². The molecule has 0 amide bonds. The third-order valence-electron chi connectivity index (χ3n) is 2.10. The molecular formula is C11H12Br2O2. The molecule has 0 saturated heterocycles. The average Bonchev–Trinajstić information content (AvgIpc) is 2.26. The van der Waals surface area contributed by atoms with Gasteiger partial charge in [-0.2, -0.15) is 0 Å². The monoisotopic (exact) mass is 334 g/mol. The minimum Gasteiger partial charge on any atom is -0.480 e. The Kier molecular flexibility index (Phi) is 5.32. The first-order valence-electron chi connectivity index (χ1n) is 4.67. The molecule has 0 heterocycles. The van der Waals surface area contributed by atoms with Crippen molar-refractivity contribution in [3.63, 3.8) is 0 Å². The quantitative estimate of drug-likeness (QED) is 0.832. The molecule has 0 aliphatic heterocycles. The maximum atomic E-state index is 10.6. The average molecular weight is 336 g/mol.